The van der Waals surface area contributed by atoms with Gasteiger partial charge < -0.3 is 4.74 Å². The van der Waals surface area contributed by atoms with Crippen LogP contribution in [0.3, 0.4) is 0 Å². The second-order valence-corrected chi connectivity index (χ2v) is 6.04. The van der Waals surface area contributed by atoms with Gasteiger partial charge in [0.05, 0.1) is 12.2 Å². The summed E-state index contributed by atoms with van der Waals surface area (Å²) in [7, 11) is 0. The van der Waals surface area contributed by atoms with E-state index < -0.39 is 0 Å². The zero-order valence-corrected chi connectivity index (χ0v) is 12.7. The minimum absolute atomic E-state index is 0.375. The van der Waals surface area contributed by atoms with E-state index in [1.54, 1.807) is 0 Å². The molecule has 0 spiro atoms. The fourth-order valence-corrected chi connectivity index (χ4v) is 2.91. The molecule has 1 aliphatic rings. The Kier molecular flexibility index (Phi) is 5.68. The first kappa shape index (κ1) is 14.8. The van der Waals surface area contributed by atoms with Crippen LogP contribution in [0.2, 0.25) is 5.02 Å². The van der Waals surface area contributed by atoms with Gasteiger partial charge in [-0.3, -0.25) is 4.90 Å². The first-order valence-electron chi connectivity index (χ1n) is 7.26. The van der Waals surface area contributed by atoms with Crippen LogP contribution in [0.5, 0.6) is 0 Å². The van der Waals surface area contributed by atoms with Gasteiger partial charge in [0.1, 0.15) is 0 Å². The van der Waals surface area contributed by atoms with Crippen LogP contribution in [0.1, 0.15) is 32.3 Å². The van der Waals surface area contributed by atoms with Gasteiger partial charge in [-0.2, -0.15) is 0 Å². The molecule has 2 atom stereocenters. The summed E-state index contributed by atoms with van der Waals surface area (Å²) < 4.78 is 5.75. The van der Waals surface area contributed by atoms with Crippen LogP contribution in [-0.4, -0.2) is 36.7 Å². The summed E-state index contributed by atoms with van der Waals surface area (Å²) in [6, 6.07) is 8.20. The van der Waals surface area contributed by atoms with Gasteiger partial charge >= 0.3 is 0 Å². The average Bonchev–Trinajstić information content (AvgIpc) is 2.36. The van der Waals surface area contributed by atoms with E-state index in [-0.39, 0.29) is 0 Å². The minimum atomic E-state index is 0.375. The number of ether oxygens (including phenoxy) is 1. The van der Waals surface area contributed by atoms with Crippen LogP contribution >= 0.6 is 11.6 Å². The molecule has 1 heterocycles. The molecule has 0 N–H and O–H groups in total. The molecule has 0 bridgehead atoms. The predicted molar refractivity (Wildman–Crippen MR) is 80.8 cm³/mol. The van der Waals surface area contributed by atoms with Crippen molar-refractivity contribution in [1.82, 2.24) is 4.90 Å². The quantitative estimate of drug-likeness (QED) is 0.762. The summed E-state index contributed by atoms with van der Waals surface area (Å²) >= 11 is 5.88. The van der Waals surface area contributed by atoms with Gasteiger partial charge in [-0.05, 0) is 57.4 Å². The number of halogens is 1. The summed E-state index contributed by atoms with van der Waals surface area (Å²) in [5.74, 6) is 0. The molecule has 0 aliphatic carbocycles. The lowest BCUT2D eigenvalue weighted by Gasteiger charge is -2.35. The molecule has 1 saturated heterocycles. The average molecular weight is 282 g/mol. The van der Waals surface area contributed by atoms with Gasteiger partial charge in [0, 0.05) is 18.1 Å². The van der Waals surface area contributed by atoms with Gasteiger partial charge in [-0.1, -0.05) is 23.7 Å². The number of aryl methyl sites for hydroxylation is 1. The van der Waals surface area contributed by atoms with Crippen LogP contribution in [0.25, 0.3) is 0 Å². The third-order valence-corrected chi connectivity index (χ3v) is 3.85. The maximum Gasteiger partial charge on any atom is 0.0678 e. The van der Waals surface area contributed by atoms with Crippen molar-refractivity contribution in [2.75, 3.05) is 19.6 Å². The highest BCUT2D eigenvalue weighted by Gasteiger charge is 2.21. The summed E-state index contributed by atoms with van der Waals surface area (Å²) in [4.78, 5) is 2.53. The molecule has 19 heavy (non-hydrogen) atoms. The number of rotatable bonds is 5. The maximum atomic E-state index is 5.88. The van der Waals surface area contributed by atoms with Crippen molar-refractivity contribution in [3.05, 3.63) is 34.9 Å². The van der Waals surface area contributed by atoms with E-state index in [0.717, 1.165) is 24.5 Å². The molecular weight excluding hydrogens is 258 g/mol. The standard InChI is InChI=1S/C16H24ClNO/c1-13-11-18(12-14(2)19-13)10-4-3-5-15-6-8-16(17)9-7-15/h6-9,13-14H,3-5,10-12H2,1-2H3. The molecule has 1 aliphatic heterocycles. The second kappa shape index (κ2) is 7.28. The van der Waals surface area contributed by atoms with Crippen molar-refractivity contribution in [2.45, 2.75) is 45.3 Å². The Morgan fingerprint density at radius 2 is 1.74 bits per heavy atom. The highest BCUT2D eigenvalue weighted by molar-refractivity contribution is 6.30. The largest absolute Gasteiger partial charge is 0.373 e. The van der Waals surface area contributed by atoms with E-state index >= 15 is 0 Å². The lowest BCUT2D eigenvalue weighted by molar-refractivity contribution is -0.0681. The molecule has 106 valence electrons. The molecule has 3 heteroatoms. The highest BCUT2D eigenvalue weighted by Crippen LogP contribution is 2.14. The highest BCUT2D eigenvalue weighted by atomic mass is 35.5. The topological polar surface area (TPSA) is 12.5 Å². The molecule has 1 aromatic carbocycles. The third kappa shape index (κ3) is 5.13. The van der Waals surface area contributed by atoms with Gasteiger partial charge in [-0.25, -0.2) is 0 Å². The van der Waals surface area contributed by atoms with Crippen molar-refractivity contribution < 1.29 is 4.74 Å². The molecule has 0 amide bonds. The Morgan fingerprint density at radius 3 is 2.37 bits per heavy atom. The number of hydrogen-bond acceptors (Lipinski definition) is 2. The van der Waals surface area contributed by atoms with Crippen molar-refractivity contribution in [2.24, 2.45) is 0 Å². The Bertz CT molecular complexity index is 369. The van der Waals surface area contributed by atoms with Crippen molar-refractivity contribution in [1.29, 1.82) is 0 Å². The molecule has 1 aromatic rings. The molecule has 0 radical (unpaired) electrons. The number of nitrogens with zero attached hydrogens (tertiary/aromatic N) is 1. The zero-order chi connectivity index (χ0) is 13.7. The van der Waals surface area contributed by atoms with E-state index in [9.17, 15) is 0 Å². The van der Waals surface area contributed by atoms with Gasteiger partial charge in [0.2, 0.25) is 0 Å². The van der Waals surface area contributed by atoms with Crippen molar-refractivity contribution in [3.8, 4) is 0 Å². The van der Waals surface area contributed by atoms with E-state index in [2.05, 4.69) is 30.9 Å². The van der Waals surface area contributed by atoms with Gasteiger partial charge in [0.15, 0.2) is 0 Å². The smallest absolute Gasteiger partial charge is 0.0678 e. The fraction of sp³-hybridized carbons (Fsp3) is 0.625. The molecule has 2 nitrogen and oxygen atoms in total. The molecular formula is C16H24ClNO. The van der Waals surface area contributed by atoms with Crippen LogP contribution in [-0.2, 0) is 11.2 Å². The van der Waals surface area contributed by atoms with Gasteiger partial charge in [-0.15, -0.1) is 0 Å². The maximum absolute atomic E-state index is 5.88. The Hall–Kier alpha value is -0.570. The van der Waals surface area contributed by atoms with E-state index in [0.29, 0.717) is 12.2 Å². The molecule has 1 fully saturated rings. The van der Waals surface area contributed by atoms with Crippen LogP contribution in [0.4, 0.5) is 0 Å². The van der Waals surface area contributed by atoms with Crippen LogP contribution in [0, 0.1) is 0 Å². The molecule has 0 saturated carbocycles. The minimum Gasteiger partial charge on any atom is -0.373 e. The first-order chi connectivity index (χ1) is 9.13. The van der Waals surface area contributed by atoms with Crippen molar-refractivity contribution >= 4 is 11.6 Å². The Labute approximate surface area is 121 Å². The predicted octanol–water partition coefficient (Wildman–Crippen LogP) is 3.77. The second-order valence-electron chi connectivity index (χ2n) is 5.60. The summed E-state index contributed by atoms with van der Waals surface area (Å²) in [5, 5.41) is 0.819. The lowest BCUT2D eigenvalue weighted by atomic mass is 10.1. The Morgan fingerprint density at radius 1 is 1.11 bits per heavy atom. The normalized spacial score (nSPS) is 24.6. The first-order valence-corrected chi connectivity index (χ1v) is 7.63. The van der Waals surface area contributed by atoms with Crippen molar-refractivity contribution in [3.63, 3.8) is 0 Å². The van der Waals surface area contributed by atoms with E-state index in [1.807, 2.05) is 12.1 Å². The summed E-state index contributed by atoms with van der Waals surface area (Å²) in [5.41, 5.74) is 1.38. The van der Waals surface area contributed by atoms with Crippen LogP contribution in [0.15, 0.2) is 24.3 Å². The SMILES string of the molecule is CC1CN(CCCCc2ccc(Cl)cc2)CC(C)O1. The molecule has 0 aromatic heterocycles. The lowest BCUT2D eigenvalue weighted by Crippen LogP contribution is -2.45. The van der Waals surface area contributed by atoms with E-state index in [1.165, 1.54) is 24.9 Å². The summed E-state index contributed by atoms with van der Waals surface area (Å²) in [6.45, 7) is 7.66. The van der Waals surface area contributed by atoms with Crippen LogP contribution < -0.4 is 0 Å². The number of benzene rings is 1. The number of hydrogen-bond donors (Lipinski definition) is 0. The number of morpholine rings is 1. The third-order valence-electron chi connectivity index (χ3n) is 3.60. The zero-order valence-electron chi connectivity index (χ0n) is 11.9. The molecule has 2 unspecified atom stereocenters. The molecule has 2 rings (SSSR count). The number of unbranched alkanes of at least 4 members (excludes halogenated alkanes) is 1. The monoisotopic (exact) mass is 281 g/mol. The summed E-state index contributed by atoms with van der Waals surface area (Å²) in [6.07, 6.45) is 4.39. The fourth-order valence-electron chi connectivity index (χ4n) is 2.78. The van der Waals surface area contributed by atoms with E-state index in [4.69, 9.17) is 16.3 Å². The van der Waals surface area contributed by atoms with Gasteiger partial charge in [0.25, 0.3) is 0 Å². The Balaban J connectivity index is 1.65.